The first-order valence-corrected chi connectivity index (χ1v) is 9.26. The van der Waals surface area contributed by atoms with Crippen molar-refractivity contribution < 1.29 is 19.0 Å². The van der Waals surface area contributed by atoms with E-state index in [4.69, 9.17) is 4.74 Å². The van der Waals surface area contributed by atoms with Gasteiger partial charge in [-0.15, -0.1) is 0 Å². The van der Waals surface area contributed by atoms with Crippen LogP contribution in [0.15, 0.2) is 36.4 Å². The summed E-state index contributed by atoms with van der Waals surface area (Å²) in [7, 11) is 0. The lowest BCUT2D eigenvalue weighted by Gasteiger charge is -2.40. The van der Waals surface area contributed by atoms with E-state index in [0.717, 1.165) is 35.1 Å². The van der Waals surface area contributed by atoms with E-state index < -0.39 is 6.09 Å². The molecule has 2 aromatic rings. The minimum Gasteiger partial charge on any atom is -0.488 e. The van der Waals surface area contributed by atoms with Crippen molar-refractivity contribution in [3.8, 4) is 16.9 Å². The maximum atomic E-state index is 14.3. The third-order valence-corrected chi connectivity index (χ3v) is 5.17. The Morgan fingerprint density at radius 3 is 2.52 bits per heavy atom. The summed E-state index contributed by atoms with van der Waals surface area (Å²) in [6.07, 6.45) is 0.637. The number of rotatable bonds is 4. The first-order chi connectivity index (χ1) is 12.7. The van der Waals surface area contributed by atoms with Crippen molar-refractivity contribution in [2.75, 3.05) is 0 Å². The Kier molecular flexibility index (Phi) is 5.13. The molecule has 0 saturated heterocycles. The van der Waals surface area contributed by atoms with Gasteiger partial charge in [-0.2, -0.15) is 0 Å². The summed E-state index contributed by atoms with van der Waals surface area (Å²) in [5.41, 5.74) is 3.64. The van der Waals surface area contributed by atoms with Crippen molar-refractivity contribution >= 4 is 6.09 Å². The van der Waals surface area contributed by atoms with E-state index >= 15 is 0 Å². The van der Waals surface area contributed by atoms with Crippen molar-refractivity contribution in [3.63, 3.8) is 0 Å². The minimum atomic E-state index is -1.02. The fraction of sp³-hybridized carbons (Fsp3) is 0.409. The molecule has 2 N–H and O–H groups in total. The highest BCUT2D eigenvalue weighted by Gasteiger charge is 2.37. The Labute approximate surface area is 159 Å². The number of benzene rings is 2. The fourth-order valence-electron chi connectivity index (χ4n) is 3.73. The average molecular weight is 371 g/mol. The van der Waals surface area contributed by atoms with Crippen LogP contribution in [0, 0.1) is 11.2 Å². The van der Waals surface area contributed by atoms with Gasteiger partial charge in [-0.25, -0.2) is 9.18 Å². The highest BCUT2D eigenvalue weighted by Crippen LogP contribution is 2.44. The fourth-order valence-corrected chi connectivity index (χ4v) is 3.73. The molecular formula is C22H26FNO3. The van der Waals surface area contributed by atoms with Gasteiger partial charge in [0.15, 0.2) is 11.6 Å². The van der Waals surface area contributed by atoms with Gasteiger partial charge in [-0.05, 0) is 66.5 Å². The summed E-state index contributed by atoms with van der Waals surface area (Å²) in [6.45, 7) is 7.88. The van der Waals surface area contributed by atoms with Crippen molar-refractivity contribution in [3.05, 3.63) is 53.3 Å². The molecule has 144 valence electrons. The van der Waals surface area contributed by atoms with Crippen molar-refractivity contribution in [1.82, 2.24) is 5.32 Å². The number of carbonyl (C=O) groups is 1. The Balaban J connectivity index is 1.95. The lowest BCUT2D eigenvalue weighted by molar-refractivity contribution is 0.161. The lowest BCUT2D eigenvalue weighted by atomic mass is 9.70. The van der Waals surface area contributed by atoms with Gasteiger partial charge in [-0.1, -0.05) is 38.1 Å². The SMILES string of the molecule is CC(C)Oc1ccc(-c2ccc3c(c2)CCC(C)(C)C3NC(=O)O)cc1F. The molecule has 1 amide bonds. The summed E-state index contributed by atoms with van der Waals surface area (Å²) < 4.78 is 19.8. The van der Waals surface area contributed by atoms with Gasteiger partial charge in [0, 0.05) is 0 Å². The van der Waals surface area contributed by atoms with E-state index in [1.165, 1.54) is 6.07 Å². The second kappa shape index (κ2) is 7.22. The molecule has 0 aliphatic heterocycles. The van der Waals surface area contributed by atoms with Crippen LogP contribution >= 0.6 is 0 Å². The van der Waals surface area contributed by atoms with Gasteiger partial charge in [0.2, 0.25) is 0 Å². The molecule has 1 atom stereocenters. The molecule has 0 saturated carbocycles. The van der Waals surface area contributed by atoms with Crippen LogP contribution in [0.25, 0.3) is 11.1 Å². The molecule has 3 rings (SSSR count). The van der Waals surface area contributed by atoms with E-state index in [0.29, 0.717) is 0 Å². The number of nitrogens with one attached hydrogen (secondary N) is 1. The molecule has 27 heavy (non-hydrogen) atoms. The number of ether oxygens (including phenoxy) is 1. The van der Waals surface area contributed by atoms with E-state index in [1.807, 2.05) is 38.1 Å². The smallest absolute Gasteiger partial charge is 0.405 e. The van der Waals surface area contributed by atoms with Crippen LogP contribution in [0.4, 0.5) is 9.18 Å². The Hall–Kier alpha value is -2.56. The number of amides is 1. The predicted octanol–water partition coefficient (Wildman–Crippen LogP) is 5.56. The van der Waals surface area contributed by atoms with Crippen LogP contribution < -0.4 is 10.1 Å². The topological polar surface area (TPSA) is 58.6 Å². The van der Waals surface area contributed by atoms with Gasteiger partial charge in [0.1, 0.15) is 0 Å². The Bertz CT molecular complexity index is 861. The Morgan fingerprint density at radius 2 is 1.89 bits per heavy atom. The molecule has 1 unspecified atom stereocenters. The molecule has 5 heteroatoms. The number of carboxylic acid groups (broad SMARTS) is 1. The summed E-state index contributed by atoms with van der Waals surface area (Å²) in [4.78, 5) is 11.2. The summed E-state index contributed by atoms with van der Waals surface area (Å²) in [5, 5.41) is 11.9. The van der Waals surface area contributed by atoms with Crippen LogP contribution in [-0.4, -0.2) is 17.3 Å². The van der Waals surface area contributed by atoms with Gasteiger partial charge in [-0.3, -0.25) is 0 Å². The van der Waals surface area contributed by atoms with Crippen molar-refractivity contribution in [2.45, 2.75) is 52.7 Å². The molecule has 0 radical (unpaired) electrons. The molecule has 0 aromatic heterocycles. The largest absolute Gasteiger partial charge is 0.488 e. The average Bonchev–Trinajstić information content (AvgIpc) is 2.58. The molecule has 0 heterocycles. The molecular weight excluding hydrogens is 345 g/mol. The van der Waals surface area contributed by atoms with Crippen molar-refractivity contribution in [1.29, 1.82) is 0 Å². The second-order valence-corrected chi connectivity index (χ2v) is 8.10. The first kappa shape index (κ1) is 19.2. The lowest BCUT2D eigenvalue weighted by Crippen LogP contribution is -2.40. The summed E-state index contributed by atoms with van der Waals surface area (Å²) in [6, 6.07) is 10.7. The molecule has 1 aliphatic rings. The number of aryl methyl sites for hydroxylation is 1. The molecule has 0 spiro atoms. The standard InChI is InChI=1S/C22H26FNO3/c1-13(2)27-19-8-6-15(12-18(19)23)14-5-7-17-16(11-14)9-10-22(3,4)20(17)24-21(25)26/h5-8,11-13,20,24H,9-10H2,1-4H3,(H,25,26). The zero-order valence-electron chi connectivity index (χ0n) is 16.2. The van der Waals surface area contributed by atoms with Crippen LogP contribution in [0.2, 0.25) is 0 Å². The van der Waals surface area contributed by atoms with E-state index in [2.05, 4.69) is 19.2 Å². The zero-order valence-corrected chi connectivity index (χ0v) is 16.2. The predicted molar refractivity (Wildman–Crippen MR) is 104 cm³/mol. The molecule has 1 aliphatic carbocycles. The van der Waals surface area contributed by atoms with Crippen LogP contribution in [-0.2, 0) is 6.42 Å². The maximum Gasteiger partial charge on any atom is 0.405 e. The van der Waals surface area contributed by atoms with Crippen LogP contribution in [0.5, 0.6) is 5.75 Å². The second-order valence-electron chi connectivity index (χ2n) is 8.10. The highest BCUT2D eigenvalue weighted by atomic mass is 19.1. The van der Waals surface area contributed by atoms with Gasteiger partial charge < -0.3 is 15.2 Å². The summed E-state index contributed by atoms with van der Waals surface area (Å²) in [5.74, 6) is -0.135. The normalized spacial score (nSPS) is 18.1. The molecule has 0 fully saturated rings. The number of halogens is 1. The molecule has 0 bridgehead atoms. The summed E-state index contributed by atoms with van der Waals surface area (Å²) >= 11 is 0. The molecule has 2 aromatic carbocycles. The number of hydrogen-bond donors (Lipinski definition) is 2. The van der Waals surface area contributed by atoms with Crippen molar-refractivity contribution in [2.24, 2.45) is 5.41 Å². The van der Waals surface area contributed by atoms with E-state index in [1.54, 1.807) is 6.07 Å². The quantitative estimate of drug-likeness (QED) is 0.739. The zero-order chi connectivity index (χ0) is 19.8. The number of fused-ring (bicyclic) bond motifs is 1. The highest BCUT2D eigenvalue weighted by molar-refractivity contribution is 5.68. The monoisotopic (exact) mass is 371 g/mol. The van der Waals surface area contributed by atoms with E-state index in [9.17, 15) is 14.3 Å². The van der Waals surface area contributed by atoms with Crippen LogP contribution in [0.1, 0.15) is 51.3 Å². The third-order valence-electron chi connectivity index (χ3n) is 5.17. The van der Waals surface area contributed by atoms with Crippen LogP contribution in [0.3, 0.4) is 0 Å². The minimum absolute atomic E-state index is 0.0869. The van der Waals surface area contributed by atoms with Gasteiger partial charge in [0.05, 0.1) is 12.1 Å². The third kappa shape index (κ3) is 4.07. The first-order valence-electron chi connectivity index (χ1n) is 9.26. The molecule has 4 nitrogen and oxygen atoms in total. The van der Waals surface area contributed by atoms with Gasteiger partial charge in [0.25, 0.3) is 0 Å². The Morgan fingerprint density at radius 1 is 1.22 bits per heavy atom. The van der Waals surface area contributed by atoms with E-state index in [-0.39, 0.29) is 29.1 Å². The number of hydrogen-bond acceptors (Lipinski definition) is 2. The maximum absolute atomic E-state index is 14.3. The van der Waals surface area contributed by atoms with Gasteiger partial charge >= 0.3 is 6.09 Å².